The number of hydrogen-bond donors (Lipinski definition) is 0. The lowest BCUT2D eigenvalue weighted by Crippen LogP contribution is -2.19. The smallest absolute Gasteiger partial charge is 0.234 e. The van der Waals surface area contributed by atoms with E-state index in [2.05, 4.69) is 6.92 Å². The Morgan fingerprint density at radius 1 is 0.950 bits per heavy atom. The normalized spacial score (nSPS) is 20.9. The van der Waals surface area contributed by atoms with Crippen LogP contribution in [-0.4, -0.2) is 12.4 Å². The number of rotatable bonds is 11. The molecule has 1 aromatic rings. The molecule has 112 valence electrons. The monoisotopic (exact) mass is 276 g/mol. The Balaban J connectivity index is 1.53. The Kier molecular flexibility index (Phi) is 6.38. The van der Waals surface area contributed by atoms with E-state index in [1.165, 1.54) is 51.4 Å². The molecular weight excluding hydrogens is 248 g/mol. The zero-order valence-corrected chi connectivity index (χ0v) is 12.8. The highest BCUT2D eigenvalue weighted by Crippen LogP contribution is 2.35. The van der Waals surface area contributed by atoms with E-state index in [4.69, 9.17) is 9.47 Å². The van der Waals surface area contributed by atoms with Crippen LogP contribution in [0.5, 0.6) is 5.75 Å². The first-order valence-corrected chi connectivity index (χ1v) is 8.23. The molecule has 1 saturated heterocycles. The molecule has 1 aliphatic rings. The van der Waals surface area contributed by atoms with Crippen molar-refractivity contribution in [3.05, 3.63) is 30.3 Å². The summed E-state index contributed by atoms with van der Waals surface area (Å²) in [6.07, 6.45) is 11.8. The van der Waals surface area contributed by atoms with E-state index < -0.39 is 0 Å². The highest BCUT2D eigenvalue weighted by atomic mass is 16.8. The van der Waals surface area contributed by atoms with E-state index in [0.717, 1.165) is 18.8 Å². The van der Waals surface area contributed by atoms with E-state index in [9.17, 15) is 0 Å². The minimum Gasteiger partial charge on any atom is -0.460 e. The Morgan fingerprint density at radius 2 is 1.55 bits per heavy atom. The van der Waals surface area contributed by atoms with Gasteiger partial charge in [-0.15, -0.1) is 0 Å². The molecule has 0 saturated carbocycles. The van der Waals surface area contributed by atoms with Gasteiger partial charge in [-0.05, 0) is 18.6 Å². The van der Waals surface area contributed by atoms with E-state index >= 15 is 0 Å². The van der Waals surface area contributed by atoms with Crippen LogP contribution in [0.1, 0.15) is 64.7 Å². The summed E-state index contributed by atoms with van der Waals surface area (Å²) in [6.45, 7) is 3.01. The van der Waals surface area contributed by atoms with Crippen molar-refractivity contribution >= 4 is 0 Å². The van der Waals surface area contributed by atoms with Crippen molar-refractivity contribution in [1.82, 2.24) is 0 Å². The molecule has 0 aromatic heterocycles. The van der Waals surface area contributed by atoms with Crippen LogP contribution in [-0.2, 0) is 4.74 Å². The van der Waals surface area contributed by atoms with Crippen molar-refractivity contribution in [3.63, 3.8) is 0 Å². The minimum atomic E-state index is -0.302. The second-order valence-electron chi connectivity index (χ2n) is 5.84. The van der Waals surface area contributed by atoms with Gasteiger partial charge >= 0.3 is 0 Å². The van der Waals surface area contributed by atoms with Gasteiger partial charge < -0.3 is 9.47 Å². The Hall–Kier alpha value is -1.02. The molecule has 1 atom stereocenters. The molecule has 0 aliphatic carbocycles. The van der Waals surface area contributed by atoms with E-state index in [0.29, 0.717) is 0 Å². The van der Waals surface area contributed by atoms with Crippen molar-refractivity contribution in [1.29, 1.82) is 0 Å². The Labute approximate surface area is 123 Å². The first-order chi connectivity index (χ1) is 9.85. The van der Waals surface area contributed by atoms with Gasteiger partial charge in [-0.3, -0.25) is 0 Å². The summed E-state index contributed by atoms with van der Waals surface area (Å²) in [5.74, 6) is 0.619. The summed E-state index contributed by atoms with van der Waals surface area (Å²) >= 11 is 0. The van der Waals surface area contributed by atoms with Crippen LogP contribution in [0.3, 0.4) is 0 Å². The van der Waals surface area contributed by atoms with Gasteiger partial charge in [0.25, 0.3) is 0 Å². The van der Waals surface area contributed by atoms with E-state index in [-0.39, 0.29) is 5.79 Å². The fraction of sp³-hybridized carbons (Fsp3) is 0.667. The summed E-state index contributed by atoms with van der Waals surface area (Å²) in [5, 5.41) is 0. The minimum absolute atomic E-state index is 0.302. The predicted octanol–water partition coefficient (Wildman–Crippen LogP) is 5.32. The van der Waals surface area contributed by atoms with Crippen molar-refractivity contribution in [2.45, 2.75) is 70.5 Å². The van der Waals surface area contributed by atoms with Crippen LogP contribution < -0.4 is 4.74 Å². The van der Waals surface area contributed by atoms with Gasteiger partial charge in [-0.2, -0.15) is 0 Å². The fourth-order valence-electron chi connectivity index (χ4n) is 2.57. The molecule has 2 nitrogen and oxygen atoms in total. The fourth-order valence-corrected chi connectivity index (χ4v) is 2.57. The standard InChI is InChI=1S/C18H28O2/c1-2-3-4-5-6-7-8-12-15-18(16-19-18)20-17-13-10-9-11-14-17/h9-11,13-14H,2-8,12,15-16H2,1H3. The molecule has 1 aliphatic heterocycles. The van der Waals surface area contributed by atoms with Gasteiger partial charge in [0.2, 0.25) is 5.79 Å². The van der Waals surface area contributed by atoms with Crippen LogP contribution in [0.15, 0.2) is 30.3 Å². The van der Waals surface area contributed by atoms with Crippen molar-refractivity contribution < 1.29 is 9.47 Å². The third-order valence-electron chi connectivity index (χ3n) is 3.92. The highest BCUT2D eigenvalue weighted by Gasteiger charge is 2.47. The molecule has 1 fully saturated rings. The molecule has 1 aromatic carbocycles. The second kappa shape index (κ2) is 8.31. The van der Waals surface area contributed by atoms with E-state index in [1.807, 2.05) is 30.3 Å². The molecule has 20 heavy (non-hydrogen) atoms. The zero-order chi connectivity index (χ0) is 14.1. The number of benzene rings is 1. The number of para-hydroxylation sites is 1. The topological polar surface area (TPSA) is 21.8 Å². The lowest BCUT2D eigenvalue weighted by Gasteiger charge is -2.14. The van der Waals surface area contributed by atoms with Gasteiger partial charge in [0.15, 0.2) is 0 Å². The second-order valence-corrected chi connectivity index (χ2v) is 5.84. The molecule has 0 amide bonds. The van der Waals surface area contributed by atoms with Crippen LogP contribution in [0.2, 0.25) is 0 Å². The molecule has 0 N–H and O–H groups in total. The molecule has 2 rings (SSSR count). The van der Waals surface area contributed by atoms with Gasteiger partial charge in [-0.25, -0.2) is 0 Å². The Morgan fingerprint density at radius 3 is 2.15 bits per heavy atom. The summed E-state index contributed by atoms with van der Waals surface area (Å²) in [7, 11) is 0. The molecule has 0 spiro atoms. The SMILES string of the molecule is CCCCCCCCCCC1(Oc2ccccc2)CO1. The maximum atomic E-state index is 5.95. The summed E-state index contributed by atoms with van der Waals surface area (Å²) < 4.78 is 11.5. The van der Waals surface area contributed by atoms with Crippen LogP contribution in [0.25, 0.3) is 0 Å². The molecule has 1 unspecified atom stereocenters. The van der Waals surface area contributed by atoms with Gasteiger partial charge in [0.1, 0.15) is 12.4 Å². The average molecular weight is 276 g/mol. The summed E-state index contributed by atoms with van der Waals surface area (Å²) in [6, 6.07) is 10.0. The molecule has 2 heteroatoms. The third-order valence-corrected chi connectivity index (χ3v) is 3.92. The largest absolute Gasteiger partial charge is 0.460 e. The predicted molar refractivity (Wildman–Crippen MR) is 83.0 cm³/mol. The first kappa shape index (κ1) is 15.4. The molecule has 0 bridgehead atoms. The van der Waals surface area contributed by atoms with Crippen molar-refractivity contribution in [3.8, 4) is 5.75 Å². The van der Waals surface area contributed by atoms with Gasteiger partial charge in [0, 0.05) is 6.42 Å². The molecule has 0 radical (unpaired) electrons. The van der Waals surface area contributed by atoms with Crippen molar-refractivity contribution in [2.24, 2.45) is 0 Å². The number of ether oxygens (including phenoxy) is 2. The lowest BCUT2D eigenvalue weighted by atomic mass is 10.1. The average Bonchev–Trinajstić information content (AvgIpc) is 3.23. The zero-order valence-electron chi connectivity index (χ0n) is 12.8. The maximum absolute atomic E-state index is 5.95. The molecule has 1 heterocycles. The summed E-state index contributed by atoms with van der Waals surface area (Å²) in [4.78, 5) is 0. The molecular formula is C18H28O2. The van der Waals surface area contributed by atoms with Crippen LogP contribution >= 0.6 is 0 Å². The third kappa shape index (κ3) is 5.54. The van der Waals surface area contributed by atoms with Crippen LogP contribution in [0, 0.1) is 0 Å². The van der Waals surface area contributed by atoms with Gasteiger partial charge in [-0.1, -0.05) is 70.1 Å². The first-order valence-electron chi connectivity index (χ1n) is 8.23. The maximum Gasteiger partial charge on any atom is 0.234 e. The number of unbranched alkanes of at least 4 members (excludes halogenated alkanes) is 7. The Bertz CT molecular complexity index is 357. The summed E-state index contributed by atoms with van der Waals surface area (Å²) in [5.41, 5.74) is 0. The number of hydrogen-bond acceptors (Lipinski definition) is 2. The van der Waals surface area contributed by atoms with Gasteiger partial charge in [0.05, 0.1) is 0 Å². The van der Waals surface area contributed by atoms with Crippen LogP contribution in [0.4, 0.5) is 0 Å². The number of epoxide rings is 1. The quantitative estimate of drug-likeness (QED) is 0.403. The van der Waals surface area contributed by atoms with Crippen molar-refractivity contribution in [2.75, 3.05) is 6.61 Å². The van der Waals surface area contributed by atoms with E-state index in [1.54, 1.807) is 0 Å². The highest BCUT2D eigenvalue weighted by molar-refractivity contribution is 5.22. The lowest BCUT2D eigenvalue weighted by molar-refractivity contribution is 0.0513.